The van der Waals surface area contributed by atoms with Crippen LogP contribution < -0.4 is 14.5 Å². The molecule has 1 aromatic heterocycles. The molecule has 1 N–H and O–H groups in total. The minimum Gasteiger partial charge on any atom is -0.371 e. The molecule has 1 aliphatic rings. The van der Waals surface area contributed by atoms with Gasteiger partial charge in [-0.05, 0) is 55.3 Å². The zero-order valence-corrected chi connectivity index (χ0v) is 18.8. The van der Waals surface area contributed by atoms with Gasteiger partial charge in [-0.3, -0.25) is 4.98 Å². The van der Waals surface area contributed by atoms with Gasteiger partial charge in [0.15, 0.2) is 0 Å². The fraction of sp³-hybridized carbons (Fsp3) is 0.238. The van der Waals surface area contributed by atoms with Crippen molar-refractivity contribution >= 4 is 68.7 Å². The molecule has 2 amide bonds. The molecule has 150 valence electrons. The highest BCUT2D eigenvalue weighted by Gasteiger charge is 2.24. The second kappa shape index (κ2) is 8.81. The van der Waals surface area contributed by atoms with Crippen LogP contribution in [0.2, 0.25) is 5.02 Å². The Morgan fingerprint density at radius 1 is 1.21 bits per heavy atom. The van der Waals surface area contributed by atoms with Crippen LogP contribution in [0.15, 0.2) is 59.2 Å². The Morgan fingerprint density at radius 2 is 2.00 bits per heavy atom. The predicted octanol–water partition coefficient (Wildman–Crippen LogP) is 5.68. The summed E-state index contributed by atoms with van der Waals surface area (Å²) >= 11 is 14.0. The third kappa shape index (κ3) is 4.63. The van der Waals surface area contributed by atoms with Crippen molar-refractivity contribution in [2.45, 2.75) is 18.9 Å². The molecule has 4 rings (SSSR count). The summed E-state index contributed by atoms with van der Waals surface area (Å²) in [5.74, 6) is 0. The van der Waals surface area contributed by atoms with Crippen LogP contribution >= 0.6 is 40.3 Å². The highest BCUT2D eigenvalue weighted by atomic mass is 79.9. The second-order valence-corrected chi connectivity index (χ2v) is 8.75. The van der Waals surface area contributed by atoms with E-state index in [0.717, 1.165) is 52.7 Å². The Morgan fingerprint density at radius 3 is 2.76 bits per heavy atom. The molecule has 1 fully saturated rings. The van der Waals surface area contributed by atoms with Crippen molar-refractivity contribution in [3.63, 3.8) is 0 Å². The van der Waals surface area contributed by atoms with Crippen molar-refractivity contribution in [3.05, 3.63) is 64.2 Å². The van der Waals surface area contributed by atoms with Gasteiger partial charge in [0.05, 0.1) is 11.2 Å². The number of nitrogens with zero attached hydrogens (tertiary/aromatic N) is 3. The molecule has 0 spiro atoms. The Labute approximate surface area is 188 Å². The highest BCUT2D eigenvalue weighted by molar-refractivity contribution is 9.10. The van der Waals surface area contributed by atoms with Crippen molar-refractivity contribution in [2.75, 3.05) is 22.3 Å². The molecule has 5 nitrogen and oxygen atoms in total. The normalized spacial score (nSPS) is 14.8. The lowest BCUT2D eigenvalue weighted by molar-refractivity contribution is 0.243. The molecule has 1 aliphatic heterocycles. The maximum Gasteiger partial charge on any atom is 0.332 e. The fourth-order valence-corrected chi connectivity index (χ4v) is 4.35. The quantitative estimate of drug-likeness (QED) is 0.463. The number of hydrogen-bond acceptors (Lipinski definition) is 4. The average Bonchev–Trinajstić information content (AvgIpc) is 2.73. The minimum atomic E-state index is -0.217. The number of anilines is 2. The molecule has 0 saturated carbocycles. The molecule has 2 heterocycles. The SMILES string of the molecule is O=C(NC1CCN(c2ccnc3ccc(Cl)cc23)CC1)N(S)c1cccc(Br)c1. The summed E-state index contributed by atoms with van der Waals surface area (Å²) in [6.45, 7) is 1.69. The Kier molecular flexibility index (Phi) is 6.18. The molecule has 29 heavy (non-hydrogen) atoms. The first kappa shape index (κ1) is 20.3. The third-order valence-corrected chi connectivity index (χ3v) is 6.23. The van der Waals surface area contributed by atoms with E-state index >= 15 is 0 Å². The van der Waals surface area contributed by atoms with E-state index in [1.165, 1.54) is 4.31 Å². The Hall–Kier alpha value is -1.96. The number of pyridine rings is 1. The van der Waals surface area contributed by atoms with E-state index in [-0.39, 0.29) is 12.1 Å². The summed E-state index contributed by atoms with van der Waals surface area (Å²) in [6.07, 6.45) is 3.54. The zero-order chi connectivity index (χ0) is 20.4. The largest absolute Gasteiger partial charge is 0.371 e. The number of fused-ring (bicyclic) bond motifs is 1. The number of urea groups is 1. The second-order valence-electron chi connectivity index (χ2n) is 6.99. The predicted molar refractivity (Wildman–Crippen MR) is 126 cm³/mol. The molecule has 0 unspecified atom stereocenters. The summed E-state index contributed by atoms with van der Waals surface area (Å²) in [7, 11) is 0. The van der Waals surface area contributed by atoms with Gasteiger partial charge in [0, 0.05) is 45.9 Å². The van der Waals surface area contributed by atoms with Gasteiger partial charge in [0.25, 0.3) is 0 Å². The molecule has 8 heteroatoms. The zero-order valence-electron chi connectivity index (χ0n) is 15.6. The lowest BCUT2D eigenvalue weighted by Crippen LogP contribution is -2.47. The summed E-state index contributed by atoms with van der Waals surface area (Å²) in [6, 6.07) is 15.2. The molecule has 0 aliphatic carbocycles. The monoisotopic (exact) mass is 490 g/mol. The number of piperidine rings is 1. The van der Waals surface area contributed by atoms with Gasteiger partial charge in [-0.2, -0.15) is 0 Å². The number of benzene rings is 2. The number of carbonyl (C=O) groups excluding carboxylic acids is 1. The highest BCUT2D eigenvalue weighted by Crippen LogP contribution is 2.30. The first-order valence-electron chi connectivity index (χ1n) is 9.35. The summed E-state index contributed by atoms with van der Waals surface area (Å²) < 4.78 is 2.25. The van der Waals surface area contributed by atoms with Crippen LogP contribution in [-0.4, -0.2) is 30.1 Å². The van der Waals surface area contributed by atoms with E-state index in [4.69, 9.17) is 11.6 Å². The summed E-state index contributed by atoms with van der Waals surface area (Å²) in [5, 5.41) is 4.85. The van der Waals surface area contributed by atoms with Gasteiger partial charge < -0.3 is 10.2 Å². The average molecular weight is 492 g/mol. The lowest BCUT2D eigenvalue weighted by Gasteiger charge is -2.35. The van der Waals surface area contributed by atoms with Gasteiger partial charge in [0.2, 0.25) is 0 Å². The number of amides is 2. The number of hydrogen-bond donors (Lipinski definition) is 2. The molecule has 2 aromatic carbocycles. The van der Waals surface area contributed by atoms with Crippen LogP contribution in [0.3, 0.4) is 0 Å². The van der Waals surface area contributed by atoms with E-state index in [1.807, 2.05) is 54.7 Å². The topological polar surface area (TPSA) is 48.5 Å². The van der Waals surface area contributed by atoms with Gasteiger partial charge in [-0.1, -0.05) is 46.4 Å². The Balaban J connectivity index is 1.40. The van der Waals surface area contributed by atoms with Crippen LogP contribution in [0.1, 0.15) is 12.8 Å². The van der Waals surface area contributed by atoms with Gasteiger partial charge >= 0.3 is 6.03 Å². The van der Waals surface area contributed by atoms with Crippen molar-refractivity contribution in [1.29, 1.82) is 0 Å². The first-order chi connectivity index (χ1) is 14.0. The molecule has 0 atom stereocenters. The van der Waals surface area contributed by atoms with E-state index in [1.54, 1.807) is 0 Å². The first-order valence-corrected chi connectivity index (χ1v) is 10.9. The fourth-order valence-electron chi connectivity index (χ4n) is 3.61. The minimum absolute atomic E-state index is 0.109. The van der Waals surface area contributed by atoms with Crippen LogP contribution in [0.5, 0.6) is 0 Å². The third-order valence-electron chi connectivity index (χ3n) is 5.09. The number of rotatable bonds is 3. The van der Waals surface area contributed by atoms with E-state index < -0.39 is 0 Å². The number of thiol groups is 1. The van der Waals surface area contributed by atoms with Crippen molar-refractivity contribution in [2.24, 2.45) is 0 Å². The number of nitrogens with one attached hydrogen (secondary N) is 1. The van der Waals surface area contributed by atoms with Gasteiger partial charge in [0.1, 0.15) is 0 Å². The molecule has 0 radical (unpaired) electrons. The van der Waals surface area contributed by atoms with E-state index in [0.29, 0.717) is 5.02 Å². The lowest BCUT2D eigenvalue weighted by atomic mass is 10.0. The van der Waals surface area contributed by atoms with Crippen molar-refractivity contribution in [3.8, 4) is 0 Å². The van der Waals surface area contributed by atoms with Crippen molar-refractivity contribution < 1.29 is 4.79 Å². The molecular formula is C21H20BrClN4OS. The van der Waals surface area contributed by atoms with Crippen LogP contribution in [0.4, 0.5) is 16.2 Å². The van der Waals surface area contributed by atoms with E-state index in [2.05, 4.69) is 43.9 Å². The molecular weight excluding hydrogens is 472 g/mol. The summed E-state index contributed by atoms with van der Waals surface area (Å²) in [4.78, 5) is 19.3. The number of halogens is 2. The smallest absolute Gasteiger partial charge is 0.332 e. The number of aromatic nitrogens is 1. The molecule has 1 saturated heterocycles. The number of carbonyl (C=O) groups is 1. The van der Waals surface area contributed by atoms with Crippen molar-refractivity contribution in [1.82, 2.24) is 10.3 Å². The van der Waals surface area contributed by atoms with Crippen LogP contribution in [-0.2, 0) is 0 Å². The summed E-state index contributed by atoms with van der Waals surface area (Å²) in [5.41, 5.74) is 2.78. The van der Waals surface area contributed by atoms with Gasteiger partial charge in [-0.15, -0.1) is 0 Å². The van der Waals surface area contributed by atoms with Gasteiger partial charge in [-0.25, -0.2) is 9.10 Å². The maximum atomic E-state index is 12.6. The maximum absolute atomic E-state index is 12.6. The molecule has 3 aromatic rings. The van der Waals surface area contributed by atoms with E-state index in [9.17, 15) is 4.79 Å². The Bertz CT molecular complexity index is 1040. The van der Waals surface area contributed by atoms with Crippen LogP contribution in [0, 0.1) is 0 Å². The van der Waals surface area contributed by atoms with Crippen LogP contribution in [0.25, 0.3) is 10.9 Å². The molecule has 0 bridgehead atoms. The standard InChI is InChI=1S/C21H20BrClN4OS/c22-14-2-1-3-17(12-14)27(29)21(28)25-16-7-10-26(11-8-16)20-6-9-24-19-5-4-15(23)13-18(19)20/h1-6,9,12-13,16,29H,7-8,10-11H2,(H,25,28).